The van der Waals surface area contributed by atoms with E-state index in [0.29, 0.717) is 12.0 Å². The number of carbonyl (C=O) groups excluding carboxylic acids is 1. The first kappa shape index (κ1) is 13.3. The molecule has 1 fully saturated rings. The van der Waals surface area contributed by atoms with E-state index in [9.17, 15) is 4.79 Å². The van der Waals surface area contributed by atoms with Crippen molar-refractivity contribution in [2.75, 3.05) is 13.6 Å². The molecule has 0 spiro atoms. The van der Waals surface area contributed by atoms with Crippen molar-refractivity contribution in [1.82, 2.24) is 10.2 Å². The molecule has 2 atom stereocenters. The summed E-state index contributed by atoms with van der Waals surface area (Å²) in [5.74, 6) is 0.702. The molecule has 0 radical (unpaired) electrons. The van der Waals surface area contributed by atoms with E-state index in [2.05, 4.69) is 12.2 Å². The number of hydrogen-bond acceptors (Lipinski definition) is 1. The van der Waals surface area contributed by atoms with Gasteiger partial charge in [0.2, 0.25) is 0 Å². The highest BCUT2D eigenvalue weighted by molar-refractivity contribution is 5.74. The van der Waals surface area contributed by atoms with Crippen molar-refractivity contribution in [3.63, 3.8) is 0 Å². The third-order valence-electron chi connectivity index (χ3n) is 3.70. The summed E-state index contributed by atoms with van der Waals surface area (Å²) < 4.78 is 0. The second-order valence-electron chi connectivity index (χ2n) is 4.90. The van der Waals surface area contributed by atoms with Crippen molar-refractivity contribution in [3.8, 4) is 0 Å². The first-order valence-electron chi connectivity index (χ1n) is 6.70. The Morgan fingerprint density at radius 2 is 2.00 bits per heavy atom. The Kier molecular flexibility index (Phi) is 5.64. The Bertz CT molecular complexity index is 216. The molecule has 16 heavy (non-hydrogen) atoms. The first-order valence-corrected chi connectivity index (χ1v) is 6.70. The zero-order chi connectivity index (χ0) is 12.0. The van der Waals surface area contributed by atoms with Crippen LogP contribution in [-0.2, 0) is 0 Å². The molecule has 1 saturated carbocycles. The van der Waals surface area contributed by atoms with Crippen LogP contribution in [0.4, 0.5) is 4.79 Å². The topological polar surface area (TPSA) is 32.3 Å². The molecule has 94 valence electrons. The van der Waals surface area contributed by atoms with E-state index in [1.165, 1.54) is 32.1 Å². The molecule has 2 amide bonds. The maximum absolute atomic E-state index is 11.8. The Labute approximate surface area is 99.6 Å². The lowest BCUT2D eigenvalue weighted by Crippen LogP contribution is -2.47. The second-order valence-corrected chi connectivity index (χ2v) is 4.90. The lowest BCUT2D eigenvalue weighted by molar-refractivity contribution is 0.188. The molecular weight excluding hydrogens is 200 g/mol. The lowest BCUT2D eigenvalue weighted by Gasteiger charge is -2.33. The average Bonchev–Trinajstić information content (AvgIpc) is 2.31. The molecule has 1 aliphatic carbocycles. The fourth-order valence-electron chi connectivity index (χ4n) is 2.53. The van der Waals surface area contributed by atoms with E-state index in [1.807, 2.05) is 14.0 Å². The van der Waals surface area contributed by atoms with Crippen LogP contribution < -0.4 is 5.32 Å². The van der Waals surface area contributed by atoms with Gasteiger partial charge in [0.05, 0.1) is 0 Å². The van der Waals surface area contributed by atoms with E-state index in [-0.39, 0.29) is 6.03 Å². The summed E-state index contributed by atoms with van der Waals surface area (Å²) >= 11 is 0. The largest absolute Gasteiger partial charge is 0.335 e. The predicted molar refractivity (Wildman–Crippen MR) is 67.5 cm³/mol. The maximum Gasteiger partial charge on any atom is 0.317 e. The Morgan fingerprint density at radius 3 is 2.62 bits per heavy atom. The van der Waals surface area contributed by atoms with Crippen molar-refractivity contribution in [3.05, 3.63) is 0 Å². The molecule has 0 bridgehead atoms. The Balaban J connectivity index is 2.45. The number of rotatable bonds is 4. The minimum absolute atomic E-state index is 0.0931. The van der Waals surface area contributed by atoms with Gasteiger partial charge in [-0.2, -0.15) is 0 Å². The van der Waals surface area contributed by atoms with Crippen LogP contribution in [0.5, 0.6) is 0 Å². The highest BCUT2D eigenvalue weighted by Gasteiger charge is 2.26. The van der Waals surface area contributed by atoms with Crippen LogP contribution in [0.3, 0.4) is 0 Å². The van der Waals surface area contributed by atoms with Crippen molar-refractivity contribution >= 4 is 6.03 Å². The van der Waals surface area contributed by atoms with Crippen molar-refractivity contribution in [2.24, 2.45) is 5.92 Å². The molecule has 0 aromatic heterocycles. The summed E-state index contributed by atoms with van der Waals surface area (Å²) in [5.41, 5.74) is 0. The number of carbonyl (C=O) groups is 1. The van der Waals surface area contributed by atoms with Gasteiger partial charge in [0, 0.05) is 19.6 Å². The standard InChI is InChI=1S/C13H26N2O/c1-4-8-11-9-6-7-10-12(11)14-13(16)15(3)5-2/h11-12H,4-10H2,1-3H3,(H,14,16)/t11-,12-/m1/s1. The molecule has 1 rings (SSSR count). The van der Waals surface area contributed by atoms with Gasteiger partial charge < -0.3 is 10.2 Å². The fraction of sp³-hybridized carbons (Fsp3) is 0.923. The van der Waals surface area contributed by atoms with E-state index < -0.39 is 0 Å². The quantitative estimate of drug-likeness (QED) is 0.785. The molecule has 3 heteroatoms. The third-order valence-corrected chi connectivity index (χ3v) is 3.70. The molecule has 0 heterocycles. The highest BCUT2D eigenvalue weighted by atomic mass is 16.2. The van der Waals surface area contributed by atoms with Gasteiger partial charge in [-0.25, -0.2) is 4.79 Å². The second kappa shape index (κ2) is 6.77. The average molecular weight is 226 g/mol. The van der Waals surface area contributed by atoms with Crippen LogP contribution >= 0.6 is 0 Å². The molecule has 0 saturated heterocycles. The molecular formula is C13H26N2O. The van der Waals surface area contributed by atoms with E-state index in [1.54, 1.807) is 4.90 Å². The molecule has 3 nitrogen and oxygen atoms in total. The van der Waals surface area contributed by atoms with Crippen molar-refractivity contribution in [2.45, 2.75) is 58.4 Å². The SMILES string of the molecule is CCC[C@@H]1CCCC[C@H]1NC(=O)N(C)CC. The Morgan fingerprint density at radius 1 is 1.31 bits per heavy atom. The zero-order valence-electron chi connectivity index (χ0n) is 11.0. The number of nitrogens with one attached hydrogen (secondary N) is 1. The molecule has 1 N–H and O–H groups in total. The normalized spacial score (nSPS) is 25.2. The third kappa shape index (κ3) is 3.69. The van der Waals surface area contributed by atoms with E-state index in [0.717, 1.165) is 13.0 Å². The number of nitrogens with zero attached hydrogens (tertiary/aromatic N) is 1. The maximum atomic E-state index is 11.8. The van der Waals surface area contributed by atoms with Crippen LogP contribution in [0.2, 0.25) is 0 Å². The van der Waals surface area contributed by atoms with Gasteiger partial charge in [0.15, 0.2) is 0 Å². The zero-order valence-corrected chi connectivity index (χ0v) is 11.0. The summed E-state index contributed by atoms with van der Waals surface area (Å²) in [4.78, 5) is 13.6. The summed E-state index contributed by atoms with van der Waals surface area (Å²) in [5, 5.41) is 3.19. The number of urea groups is 1. The molecule has 0 aromatic carbocycles. The summed E-state index contributed by atoms with van der Waals surface area (Å²) in [6.45, 7) is 5.01. The summed E-state index contributed by atoms with van der Waals surface area (Å²) in [6, 6.07) is 0.505. The van der Waals surface area contributed by atoms with Crippen molar-refractivity contribution in [1.29, 1.82) is 0 Å². The van der Waals surface area contributed by atoms with Gasteiger partial charge in [0.1, 0.15) is 0 Å². The molecule has 0 aliphatic heterocycles. The highest BCUT2D eigenvalue weighted by Crippen LogP contribution is 2.28. The van der Waals surface area contributed by atoms with Crippen LogP contribution in [0.1, 0.15) is 52.4 Å². The molecule has 0 aromatic rings. The van der Waals surface area contributed by atoms with Gasteiger partial charge in [-0.15, -0.1) is 0 Å². The Hall–Kier alpha value is -0.730. The summed E-state index contributed by atoms with van der Waals surface area (Å²) in [6.07, 6.45) is 7.52. The minimum atomic E-state index is 0.0931. The van der Waals surface area contributed by atoms with Crippen LogP contribution in [-0.4, -0.2) is 30.6 Å². The van der Waals surface area contributed by atoms with Gasteiger partial charge >= 0.3 is 6.03 Å². The van der Waals surface area contributed by atoms with Crippen LogP contribution in [0.15, 0.2) is 0 Å². The monoisotopic (exact) mass is 226 g/mol. The van der Waals surface area contributed by atoms with Gasteiger partial charge in [-0.3, -0.25) is 0 Å². The van der Waals surface area contributed by atoms with Crippen LogP contribution in [0.25, 0.3) is 0 Å². The van der Waals surface area contributed by atoms with Gasteiger partial charge in [-0.05, 0) is 32.1 Å². The van der Waals surface area contributed by atoms with Gasteiger partial charge in [-0.1, -0.05) is 26.2 Å². The fourth-order valence-corrected chi connectivity index (χ4v) is 2.53. The van der Waals surface area contributed by atoms with E-state index >= 15 is 0 Å². The predicted octanol–water partition coefficient (Wildman–Crippen LogP) is 3.01. The molecule has 0 unspecified atom stereocenters. The lowest BCUT2D eigenvalue weighted by atomic mass is 9.82. The first-order chi connectivity index (χ1) is 7.69. The van der Waals surface area contributed by atoms with Crippen LogP contribution in [0, 0.1) is 5.92 Å². The summed E-state index contributed by atoms with van der Waals surface area (Å²) in [7, 11) is 1.85. The minimum Gasteiger partial charge on any atom is -0.335 e. The van der Waals surface area contributed by atoms with Crippen molar-refractivity contribution < 1.29 is 4.79 Å². The van der Waals surface area contributed by atoms with Gasteiger partial charge in [0.25, 0.3) is 0 Å². The number of amides is 2. The number of hydrogen-bond donors (Lipinski definition) is 1. The smallest absolute Gasteiger partial charge is 0.317 e. The molecule has 1 aliphatic rings. The van der Waals surface area contributed by atoms with E-state index in [4.69, 9.17) is 0 Å².